The van der Waals surface area contributed by atoms with Gasteiger partial charge in [0.2, 0.25) is 0 Å². The number of morpholine rings is 2. The van der Waals surface area contributed by atoms with E-state index >= 15 is 0 Å². The van der Waals surface area contributed by atoms with Gasteiger partial charge in [-0.2, -0.15) is 0 Å². The largest absolute Gasteiger partial charge is 0.490 e. The van der Waals surface area contributed by atoms with Crippen LogP contribution in [0.4, 0.5) is 11.6 Å². The molecule has 2 saturated heterocycles. The quantitative estimate of drug-likeness (QED) is 0.377. The Bertz CT molecular complexity index is 871. The van der Waals surface area contributed by atoms with Gasteiger partial charge in [-0.05, 0) is 54.0 Å². The van der Waals surface area contributed by atoms with Crippen molar-refractivity contribution in [1.82, 2.24) is 9.97 Å². The van der Waals surface area contributed by atoms with E-state index in [0.29, 0.717) is 16.4 Å². The molecule has 3 fully saturated rings. The van der Waals surface area contributed by atoms with Crippen LogP contribution in [-0.2, 0) is 9.47 Å². The summed E-state index contributed by atoms with van der Waals surface area (Å²) >= 11 is 14.2. The van der Waals surface area contributed by atoms with E-state index in [0.717, 1.165) is 86.4 Å². The zero-order chi connectivity index (χ0) is 22.3. The maximum Gasteiger partial charge on any atom is 0.135 e. The molecule has 2 aliphatic heterocycles. The Morgan fingerprint density at radius 2 is 1.34 bits per heavy atom. The van der Waals surface area contributed by atoms with Gasteiger partial charge < -0.3 is 24.0 Å². The summed E-state index contributed by atoms with van der Waals surface area (Å²) in [4.78, 5) is 13.0. The highest BCUT2D eigenvalue weighted by Gasteiger charge is 2.21. The van der Waals surface area contributed by atoms with Crippen LogP contribution in [0.25, 0.3) is 0 Å². The monoisotopic (exact) mass is 592 g/mol. The average Bonchev–Trinajstić information content (AvgIpc) is 2.77. The third-order valence-corrected chi connectivity index (χ3v) is 6.53. The fraction of sp³-hybridized carbons (Fsp3) is 0.545. The molecule has 0 atom stereocenters. The SMILES string of the molecule is Clc1cc(I)cc(N2CCOCC2)n1.Clc1cc(OC2CCC2)cc(N2CCOCC2)n1. The van der Waals surface area contributed by atoms with Gasteiger partial charge in [-0.25, -0.2) is 9.97 Å². The number of ether oxygens (including phenoxy) is 3. The molecule has 1 saturated carbocycles. The summed E-state index contributed by atoms with van der Waals surface area (Å²) in [5.74, 6) is 2.67. The number of rotatable bonds is 4. The summed E-state index contributed by atoms with van der Waals surface area (Å²) in [5, 5.41) is 1.05. The van der Waals surface area contributed by atoms with Gasteiger partial charge in [0.1, 0.15) is 27.7 Å². The molecular weight excluding hydrogens is 566 g/mol. The van der Waals surface area contributed by atoms with E-state index in [1.165, 1.54) is 6.42 Å². The fourth-order valence-electron chi connectivity index (χ4n) is 3.57. The highest BCUT2D eigenvalue weighted by molar-refractivity contribution is 14.1. The minimum atomic E-state index is 0.362. The summed E-state index contributed by atoms with van der Waals surface area (Å²) in [7, 11) is 0. The second-order valence-electron chi connectivity index (χ2n) is 7.82. The number of hydrogen-bond donors (Lipinski definition) is 0. The van der Waals surface area contributed by atoms with Crippen LogP contribution in [-0.4, -0.2) is 68.7 Å². The smallest absolute Gasteiger partial charge is 0.135 e. The van der Waals surface area contributed by atoms with Crippen molar-refractivity contribution >= 4 is 57.4 Å². The van der Waals surface area contributed by atoms with Crippen LogP contribution in [0.2, 0.25) is 10.3 Å². The number of nitrogens with zero attached hydrogens (tertiary/aromatic N) is 4. The Balaban J connectivity index is 0.000000158. The van der Waals surface area contributed by atoms with Crippen molar-refractivity contribution in [2.75, 3.05) is 62.4 Å². The standard InChI is InChI=1S/C13H17ClN2O2.C9H10ClIN2O/c14-12-8-11(18-10-2-1-3-10)9-13(15-12)16-4-6-17-7-5-16;10-8-5-7(11)6-9(12-8)13-1-3-14-4-2-13/h8-10H,1-7H2;5-6H,1-4H2. The molecule has 4 heterocycles. The molecule has 0 N–H and O–H groups in total. The highest BCUT2D eigenvalue weighted by Crippen LogP contribution is 2.29. The van der Waals surface area contributed by atoms with Crippen molar-refractivity contribution in [3.05, 3.63) is 38.1 Å². The lowest BCUT2D eigenvalue weighted by atomic mass is 9.96. The van der Waals surface area contributed by atoms with Gasteiger partial charge in [-0.1, -0.05) is 23.2 Å². The zero-order valence-corrected chi connectivity index (χ0v) is 21.5. The van der Waals surface area contributed by atoms with Crippen LogP contribution >= 0.6 is 45.8 Å². The van der Waals surface area contributed by atoms with Crippen LogP contribution in [0.3, 0.4) is 0 Å². The van der Waals surface area contributed by atoms with Crippen LogP contribution in [0.1, 0.15) is 19.3 Å². The molecule has 2 aromatic rings. The zero-order valence-electron chi connectivity index (χ0n) is 17.8. The van der Waals surface area contributed by atoms with Gasteiger partial charge in [-0.3, -0.25) is 0 Å². The van der Waals surface area contributed by atoms with Gasteiger partial charge in [-0.15, -0.1) is 0 Å². The van der Waals surface area contributed by atoms with E-state index in [9.17, 15) is 0 Å². The van der Waals surface area contributed by atoms with Crippen LogP contribution in [0, 0.1) is 3.57 Å². The molecule has 0 amide bonds. The Morgan fingerprint density at radius 3 is 1.84 bits per heavy atom. The second-order valence-corrected chi connectivity index (χ2v) is 9.84. The van der Waals surface area contributed by atoms with Crippen LogP contribution < -0.4 is 14.5 Å². The summed E-state index contributed by atoms with van der Waals surface area (Å²) in [6.45, 7) is 6.52. The van der Waals surface area contributed by atoms with Crippen LogP contribution in [0.15, 0.2) is 24.3 Å². The molecule has 10 heteroatoms. The van der Waals surface area contributed by atoms with Gasteiger partial charge >= 0.3 is 0 Å². The third-order valence-electron chi connectivity index (χ3n) is 5.52. The summed E-state index contributed by atoms with van der Waals surface area (Å²) < 4.78 is 17.6. The number of anilines is 2. The second kappa shape index (κ2) is 11.9. The maximum atomic E-state index is 6.06. The lowest BCUT2D eigenvalue weighted by Crippen LogP contribution is -2.36. The fourth-order valence-corrected chi connectivity index (χ4v) is 4.73. The van der Waals surface area contributed by atoms with Crippen molar-refractivity contribution in [3.63, 3.8) is 0 Å². The molecule has 7 nitrogen and oxygen atoms in total. The maximum absolute atomic E-state index is 6.06. The normalized spacial score (nSPS) is 19.1. The van der Waals surface area contributed by atoms with E-state index in [1.54, 1.807) is 6.07 Å². The minimum Gasteiger partial charge on any atom is -0.490 e. The number of aromatic nitrogens is 2. The van der Waals surface area contributed by atoms with Gasteiger partial charge in [0.25, 0.3) is 0 Å². The minimum absolute atomic E-state index is 0.362. The van der Waals surface area contributed by atoms with E-state index in [4.69, 9.17) is 37.4 Å². The Morgan fingerprint density at radius 1 is 0.812 bits per heavy atom. The number of hydrogen-bond acceptors (Lipinski definition) is 7. The Labute approximate surface area is 212 Å². The summed E-state index contributed by atoms with van der Waals surface area (Å²) in [6.07, 6.45) is 3.92. The molecule has 0 bridgehead atoms. The van der Waals surface area contributed by atoms with Gasteiger partial charge in [0, 0.05) is 41.9 Å². The van der Waals surface area contributed by atoms with Crippen molar-refractivity contribution in [1.29, 1.82) is 0 Å². The van der Waals surface area contributed by atoms with E-state index in [1.807, 2.05) is 18.2 Å². The first kappa shape index (κ1) is 24.1. The topological polar surface area (TPSA) is 60.0 Å². The van der Waals surface area contributed by atoms with Crippen LogP contribution in [0.5, 0.6) is 5.75 Å². The van der Waals surface area contributed by atoms with Crippen molar-refractivity contribution in [2.24, 2.45) is 0 Å². The molecule has 5 rings (SSSR count). The number of pyridine rings is 2. The molecular formula is C22H27Cl2IN4O3. The summed E-state index contributed by atoms with van der Waals surface area (Å²) in [5.41, 5.74) is 0. The molecule has 0 aromatic carbocycles. The van der Waals surface area contributed by atoms with E-state index in [-0.39, 0.29) is 0 Å². The molecule has 3 aliphatic rings. The molecule has 174 valence electrons. The van der Waals surface area contributed by atoms with E-state index < -0.39 is 0 Å². The van der Waals surface area contributed by atoms with Gasteiger partial charge in [0.05, 0.1) is 32.5 Å². The van der Waals surface area contributed by atoms with Crippen molar-refractivity contribution in [3.8, 4) is 5.75 Å². The molecule has 0 radical (unpaired) electrons. The summed E-state index contributed by atoms with van der Waals surface area (Å²) in [6, 6.07) is 7.67. The average molecular weight is 593 g/mol. The highest BCUT2D eigenvalue weighted by atomic mass is 127. The molecule has 1 aliphatic carbocycles. The molecule has 0 spiro atoms. The molecule has 2 aromatic heterocycles. The number of halogens is 3. The first-order chi connectivity index (χ1) is 15.6. The predicted molar refractivity (Wildman–Crippen MR) is 136 cm³/mol. The first-order valence-corrected chi connectivity index (χ1v) is 12.7. The predicted octanol–water partition coefficient (Wildman–Crippen LogP) is 4.68. The molecule has 32 heavy (non-hydrogen) atoms. The lowest BCUT2D eigenvalue weighted by molar-refractivity contribution is 0.118. The van der Waals surface area contributed by atoms with E-state index in [2.05, 4.69) is 42.4 Å². The van der Waals surface area contributed by atoms with Crippen molar-refractivity contribution in [2.45, 2.75) is 25.4 Å². The third kappa shape index (κ3) is 6.96. The van der Waals surface area contributed by atoms with Crippen molar-refractivity contribution < 1.29 is 14.2 Å². The Hall–Kier alpha value is -1.07. The van der Waals surface area contributed by atoms with Gasteiger partial charge in [0.15, 0.2) is 0 Å². The molecule has 0 unspecified atom stereocenters. The first-order valence-electron chi connectivity index (χ1n) is 10.9. The lowest BCUT2D eigenvalue weighted by Gasteiger charge is -2.29. The Kier molecular flexibility index (Phi) is 8.93.